The highest BCUT2D eigenvalue weighted by Gasteiger charge is 2.17. The molecule has 0 unspecified atom stereocenters. The Balaban J connectivity index is 0.928. The maximum Gasteiger partial charge on any atom is 0.143 e. The van der Waals surface area contributed by atoms with Gasteiger partial charge in [0.05, 0.1) is 0 Å². The Labute approximate surface area is 349 Å². The molecule has 0 atom stereocenters. The monoisotopic (exact) mass is 765 g/mol. The lowest BCUT2D eigenvalue weighted by Gasteiger charge is -2.26. The Kier molecular flexibility index (Phi) is 8.87. The minimum absolute atomic E-state index is 0.915. The van der Waals surface area contributed by atoms with E-state index in [4.69, 9.17) is 4.42 Å². The second kappa shape index (κ2) is 15.1. The molecule has 1 heterocycles. The van der Waals surface area contributed by atoms with Crippen LogP contribution in [0.5, 0.6) is 0 Å². The van der Waals surface area contributed by atoms with Gasteiger partial charge in [-0.3, -0.25) is 0 Å². The van der Waals surface area contributed by atoms with Crippen molar-refractivity contribution in [3.63, 3.8) is 0 Å². The summed E-state index contributed by atoms with van der Waals surface area (Å²) in [6.45, 7) is 0. The fourth-order valence-corrected chi connectivity index (χ4v) is 8.64. The lowest BCUT2D eigenvalue weighted by Crippen LogP contribution is -2.10. The SMILES string of the molecule is c1ccc(-c2ccc(-c3cccc(N(c4ccccc4)c4cccc(-c5ccc6cc(-c7cccc8c7oc7c(-c9ccccc9)cccc78)ccc6c5)c4)c3)cc2)cc1. The van der Waals surface area contributed by atoms with Crippen LogP contribution >= 0.6 is 0 Å². The number of benzene rings is 10. The van der Waals surface area contributed by atoms with Crippen LogP contribution in [0.3, 0.4) is 0 Å². The molecule has 11 rings (SSSR count). The molecule has 0 fully saturated rings. The smallest absolute Gasteiger partial charge is 0.143 e. The zero-order valence-corrected chi connectivity index (χ0v) is 32.9. The van der Waals surface area contributed by atoms with Crippen LogP contribution in [-0.2, 0) is 0 Å². The minimum atomic E-state index is 0.915. The Morgan fingerprint density at radius 3 is 1.23 bits per heavy atom. The van der Waals surface area contributed by atoms with Gasteiger partial charge in [-0.05, 0) is 104 Å². The van der Waals surface area contributed by atoms with E-state index in [2.05, 4.69) is 235 Å². The van der Waals surface area contributed by atoms with Gasteiger partial charge in [0.1, 0.15) is 11.2 Å². The first-order valence-corrected chi connectivity index (χ1v) is 20.5. The molecule has 0 aliphatic carbocycles. The lowest BCUT2D eigenvalue weighted by molar-refractivity contribution is 0.671. The van der Waals surface area contributed by atoms with Crippen molar-refractivity contribution in [3.05, 3.63) is 237 Å². The van der Waals surface area contributed by atoms with Crippen LogP contribution in [0.15, 0.2) is 241 Å². The number of rotatable bonds is 8. The van der Waals surface area contributed by atoms with Gasteiger partial charge < -0.3 is 9.32 Å². The highest BCUT2D eigenvalue weighted by atomic mass is 16.3. The number of furan rings is 1. The van der Waals surface area contributed by atoms with E-state index in [0.29, 0.717) is 0 Å². The summed E-state index contributed by atoms with van der Waals surface area (Å²) in [4.78, 5) is 2.35. The zero-order valence-electron chi connectivity index (χ0n) is 32.9. The van der Waals surface area contributed by atoms with E-state index in [9.17, 15) is 0 Å². The summed E-state index contributed by atoms with van der Waals surface area (Å²) in [5, 5.41) is 4.64. The van der Waals surface area contributed by atoms with Crippen molar-refractivity contribution in [2.75, 3.05) is 4.90 Å². The van der Waals surface area contributed by atoms with Crippen LogP contribution < -0.4 is 4.90 Å². The number of hydrogen-bond acceptors (Lipinski definition) is 2. The highest BCUT2D eigenvalue weighted by molar-refractivity contribution is 6.13. The van der Waals surface area contributed by atoms with Gasteiger partial charge in [-0.2, -0.15) is 0 Å². The Morgan fingerprint density at radius 1 is 0.250 bits per heavy atom. The summed E-state index contributed by atoms with van der Waals surface area (Å²) < 4.78 is 6.75. The average Bonchev–Trinajstić information content (AvgIpc) is 3.72. The number of nitrogens with zero attached hydrogens (tertiary/aromatic N) is 1. The van der Waals surface area contributed by atoms with Crippen LogP contribution in [0.1, 0.15) is 0 Å². The Hall–Kier alpha value is -7.94. The summed E-state index contributed by atoms with van der Waals surface area (Å²) in [6, 6.07) is 84.7. The highest BCUT2D eigenvalue weighted by Crippen LogP contribution is 2.42. The molecular formula is C58H39NO. The molecular weight excluding hydrogens is 727 g/mol. The van der Waals surface area contributed by atoms with Gasteiger partial charge in [-0.15, -0.1) is 0 Å². The van der Waals surface area contributed by atoms with E-state index >= 15 is 0 Å². The largest absolute Gasteiger partial charge is 0.455 e. The molecule has 0 bridgehead atoms. The molecule has 1 aromatic heterocycles. The topological polar surface area (TPSA) is 16.4 Å². The normalized spacial score (nSPS) is 11.3. The molecule has 0 aliphatic rings. The van der Waals surface area contributed by atoms with Crippen molar-refractivity contribution >= 4 is 49.8 Å². The van der Waals surface area contributed by atoms with Crippen LogP contribution in [0.2, 0.25) is 0 Å². The standard InChI is InChI=1S/C58H39NO/c1-4-14-40(15-5-1)41-28-30-42(31-29-41)44-18-10-22-51(38-44)59(50-20-8-3-9-21-50)52-23-11-19-45(39-52)46-32-33-48-37-49(35-34-47(48)36-46)54-25-13-27-56-55-26-12-24-53(57(55)60-58(54)56)43-16-6-2-7-17-43/h1-39H. The fraction of sp³-hybridized carbons (Fsp3) is 0. The van der Waals surface area contributed by atoms with E-state index < -0.39 is 0 Å². The fourth-order valence-electron chi connectivity index (χ4n) is 8.64. The summed E-state index contributed by atoms with van der Waals surface area (Å²) in [5.74, 6) is 0. The maximum absolute atomic E-state index is 6.75. The van der Waals surface area contributed by atoms with Gasteiger partial charge in [0.25, 0.3) is 0 Å². The maximum atomic E-state index is 6.75. The molecule has 0 radical (unpaired) electrons. The lowest BCUT2D eigenvalue weighted by atomic mass is 9.96. The predicted octanol–water partition coefficient (Wildman–Crippen LogP) is 16.5. The third kappa shape index (κ3) is 6.51. The van der Waals surface area contributed by atoms with Crippen molar-refractivity contribution in [1.29, 1.82) is 0 Å². The molecule has 0 saturated heterocycles. The summed E-state index contributed by atoms with van der Waals surface area (Å²) in [6.07, 6.45) is 0. The third-order valence-corrected chi connectivity index (χ3v) is 11.6. The Morgan fingerprint density at radius 2 is 0.633 bits per heavy atom. The molecule has 11 aromatic rings. The van der Waals surface area contributed by atoms with Gasteiger partial charge >= 0.3 is 0 Å². The van der Waals surface area contributed by atoms with E-state index in [0.717, 1.165) is 66.8 Å². The van der Waals surface area contributed by atoms with Gasteiger partial charge in [0, 0.05) is 39.0 Å². The second-order valence-corrected chi connectivity index (χ2v) is 15.3. The van der Waals surface area contributed by atoms with Crippen molar-refractivity contribution in [3.8, 4) is 55.6 Å². The molecule has 2 heteroatoms. The molecule has 10 aromatic carbocycles. The van der Waals surface area contributed by atoms with E-state index in [1.165, 1.54) is 38.6 Å². The van der Waals surface area contributed by atoms with Crippen molar-refractivity contribution in [2.24, 2.45) is 0 Å². The third-order valence-electron chi connectivity index (χ3n) is 11.6. The molecule has 282 valence electrons. The first kappa shape index (κ1) is 35.2. The molecule has 0 amide bonds. The summed E-state index contributed by atoms with van der Waals surface area (Å²) >= 11 is 0. The quantitative estimate of drug-likeness (QED) is 0.153. The number of anilines is 3. The van der Waals surface area contributed by atoms with Crippen LogP contribution in [0.4, 0.5) is 17.1 Å². The molecule has 0 saturated carbocycles. The predicted molar refractivity (Wildman–Crippen MR) is 253 cm³/mol. The first-order valence-electron chi connectivity index (χ1n) is 20.5. The summed E-state index contributed by atoms with van der Waals surface area (Å²) in [7, 11) is 0. The molecule has 60 heavy (non-hydrogen) atoms. The van der Waals surface area contributed by atoms with Crippen molar-refractivity contribution in [1.82, 2.24) is 0 Å². The van der Waals surface area contributed by atoms with E-state index in [1.54, 1.807) is 0 Å². The van der Waals surface area contributed by atoms with E-state index in [-0.39, 0.29) is 0 Å². The number of fused-ring (bicyclic) bond motifs is 4. The summed E-state index contributed by atoms with van der Waals surface area (Å²) in [5.41, 5.74) is 16.8. The second-order valence-electron chi connectivity index (χ2n) is 15.3. The molecule has 0 N–H and O–H groups in total. The molecule has 0 spiro atoms. The van der Waals surface area contributed by atoms with Gasteiger partial charge in [-0.1, -0.05) is 188 Å². The first-order chi connectivity index (χ1) is 29.7. The van der Waals surface area contributed by atoms with Crippen LogP contribution in [-0.4, -0.2) is 0 Å². The van der Waals surface area contributed by atoms with E-state index in [1.807, 2.05) is 6.07 Å². The van der Waals surface area contributed by atoms with Crippen LogP contribution in [0, 0.1) is 0 Å². The minimum Gasteiger partial charge on any atom is -0.455 e. The molecule has 2 nitrogen and oxygen atoms in total. The molecule has 0 aliphatic heterocycles. The van der Waals surface area contributed by atoms with Gasteiger partial charge in [-0.25, -0.2) is 0 Å². The Bertz CT molecular complexity index is 3290. The zero-order chi connectivity index (χ0) is 39.8. The number of para-hydroxylation sites is 3. The van der Waals surface area contributed by atoms with Crippen molar-refractivity contribution in [2.45, 2.75) is 0 Å². The van der Waals surface area contributed by atoms with Crippen LogP contribution in [0.25, 0.3) is 88.3 Å². The van der Waals surface area contributed by atoms with Crippen molar-refractivity contribution < 1.29 is 4.42 Å². The van der Waals surface area contributed by atoms with Gasteiger partial charge in [0.15, 0.2) is 0 Å². The van der Waals surface area contributed by atoms with Gasteiger partial charge in [0.2, 0.25) is 0 Å². The number of hydrogen-bond donors (Lipinski definition) is 0. The average molecular weight is 766 g/mol.